The summed E-state index contributed by atoms with van der Waals surface area (Å²) in [6.07, 6.45) is 2.26. The highest BCUT2D eigenvalue weighted by molar-refractivity contribution is 7.16. The maximum absolute atomic E-state index is 12.6. The Kier molecular flexibility index (Phi) is 6.92. The summed E-state index contributed by atoms with van der Waals surface area (Å²) in [5.74, 6) is 0.371. The summed E-state index contributed by atoms with van der Waals surface area (Å²) < 4.78 is 0.763. The summed E-state index contributed by atoms with van der Waals surface area (Å²) in [5.41, 5.74) is 0. The lowest BCUT2D eigenvalue weighted by molar-refractivity contribution is -1.00. The van der Waals surface area contributed by atoms with E-state index in [1.807, 2.05) is 24.0 Å². The first kappa shape index (κ1) is 19.6. The molecule has 2 fully saturated rings. The van der Waals surface area contributed by atoms with Crippen LogP contribution in [0.25, 0.3) is 0 Å². The molecule has 144 valence electrons. The SMILES string of the molecule is CCN(Cc1ccc(Cl)s1)C(=O)C[NH+]1CC[NH+](CC(=O)NC2CC2)CC1. The Morgan fingerprint density at radius 3 is 2.38 bits per heavy atom. The van der Waals surface area contributed by atoms with Crippen molar-refractivity contribution in [2.45, 2.75) is 32.4 Å². The van der Waals surface area contributed by atoms with Gasteiger partial charge in [0.15, 0.2) is 13.1 Å². The first-order valence-electron chi connectivity index (χ1n) is 9.52. The van der Waals surface area contributed by atoms with Crippen molar-refractivity contribution < 1.29 is 19.4 Å². The Balaban J connectivity index is 1.39. The molecule has 0 unspecified atom stereocenters. The molecule has 1 aliphatic carbocycles. The second-order valence-corrected chi connectivity index (χ2v) is 9.11. The normalized spacial score (nSPS) is 22.8. The first-order valence-corrected chi connectivity index (χ1v) is 10.7. The Morgan fingerprint density at radius 2 is 1.85 bits per heavy atom. The van der Waals surface area contributed by atoms with E-state index in [0.717, 1.165) is 48.2 Å². The highest BCUT2D eigenvalue weighted by Gasteiger charge is 2.29. The molecule has 6 nitrogen and oxygen atoms in total. The van der Waals surface area contributed by atoms with Crippen LogP contribution in [0.1, 0.15) is 24.6 Å². The Morgan fingerprint density at radius 1 is 1.19 bits per heavy atom. The van der Waals surface area contributed by atoms with E-state index >= 15 is 0 Å². The average molecular weight is 401 g/mol. The van der Waals surface area contributed by atoms with Crippen LogP contribution in [0.3, 0.4) is 0 Å². The van der Waals surface area contributed by atoms with Gasteiger partial charge in [0, 0.05) is 17.5 Å². The summed E-state index contributed by atoms with van der Waals surface area (Å²) in [4.78, 5) is 30.2. The van der Waals surface area contributed by atoms with Crippen molar-refractivity contribution in [1.29, 1.82) is 0 Å². The van der Waals surface area contributed by atoms with Gasteiger partial charge < -0.3 is 20.0 Å². The first-order chi connectivity index (χ1) is 12.5. The predicted molar refractivity (Wildman–Crippen MR) is 103 cm³/mol. The average Bonchev–Trinajstić information content (AvgIpc) is 3.33. The molecular formula is C18H29ClN4O2S+2. The van der Waals surface area contributed by atoms with Gasteiger partial charge in [-0.1, -0.05) is 11.6 Å². The van der Waals surface area contributed by atoms with Crippen molar-refractivity contribution in [3.8, 4) is 0 Å². The van der Waals surface area contributed by atoms with E-state index in [1.54, 1.807) is 0 Å². The third kappa shape index (κ3) is 5.94. The fraction of sp³-hybridized carbons (Fsp3) is 0.667. The molecule has 2 amide bonds. The molecule has 1 aliphatic heterocycles. The van der Waals surface area contributed by atoms with E-state index in [2.05, 4.69) is 5.32 Å². The number of quaternary nitrogens is 2. The minimum Gasteiger partial charge on any atom is -0.348 e. The van der Waals surface area contributed by atoms with Crippen molar-refractivity contribution in [2.24, 2.45) is 0 Å². The fourth-order valence-electron chi connectivity index (χ4n) is 3.37. The molecule has 3 N–H and O–H groups in total. The van der Waals surface area contributed by atoms with E-state index in [-0.39, 0.29) is 11.8 Å². The second kappa shape index (κ2) is 9.17. The molecule has 3 rings (SSSR count). The van der Waals surface area contributed by atoms with E-state index in [9.17, 15) is 9.59 Å². The van der Waals surface area contributed by atoms with Gasteiger partial charge in [-0.25, -0.2) is 0 Å². The highest BCUT2D eigenvalue weighted by Crippen LogP contribution is 2.22. The lowest BCUT2D eigenvalue weighted by Gasteiger charge is -2.30. The highest BCUT2D eigenvalue weighted by atomic mass is 35.5. The number of piperazine rings is 1. The van der Waals surface area contributed by atoms with E-state index in [4.69, 9.17) is 11.6 Å². The zero-order chi connectivity index (χ0) is 18.5. The summed E-state index contributed by atoms with van der Waals surface area (Å²) >= 11 is 7.52. The smallest absolute Gasteiger partial charge is 0.278 e. The molecule has 1 saturated heterocycles. The van der Waals surface area contributed by atoms with Crippen molar-refractivity contribution >= 4 is 34.8 Å². The van der Waals surface area contributed by atoms with Gasteiger partial charge in [0.1, 0.15) is 26.2 Å². The van der Waals surface area contributed by atoms with Crippen molar-refractivity contribution in [3.63, 3.8) is 0 Å². The molecule has 0 spiro atoms. The Hall–Kier alpha value is -1.15. The number of nitrogens with one attached hydrogen (secondary N) is 3. The number of nitrogens with zero attached hydrogens (tertiary/aromatic N) is 1. The van der Waals surface area contributed by atoms with Crippen LogP contribution < -0.4 is 15.1 Å². The Labute approximate surface area is 164 Å². The van der Waals surface area contributed by atoms with Crippen LogP contribution in [0, 0.1) is 0 Å². The third-order valence-electron chi connectivity index (χ3n) is 5.13. The van der Waals surface area contributed by atoms with Gasteiger partial charge >= 0.3 is 0 Å². The van der Waals surface area contributed by atoms with Gasteiger partial charge in [-0.2, -0.15) is 0 Å². The summed E-state index contributed by atoms with van der Waals surface area (Å²) in [5, 5.41) is 3.06. The summed E-state index contributed by atoms with van der Waals surface area (Å²) in [6, 6.07) is 4.31. The number of halogens is 1. The topological polar surface area (TPSA) is 58.3 Å². The van der Waals surface area contributed by atoms with Gasteiger partial charge in [0.25, 0.3) is 11.8 Å². The number of amides is 2. The zero-order valence-corrected chi connectivity index (χ0v) is 16.9. The molecule has 1 aromatic heterocycles. The van der Waals surface area contributed by atoms with Crippen LogP contribution in [0.5, 0.6) is 0 Å². The van der Waals surface area contributed by atoms with Crippen LogP contribution in [0.4, 0.5) is 0 Å². The van der Waals surface area contributed by atoms with E-state index in [1.165, 1.54) is 21.1 Å². The number of thiophene rings is 1. The van der Waals surface area contributed by atoms with Gasteiger partial charge in [-0.05, 0) is 31.9 Å². The molecule has 0 radical (unpaired) electrons. The number of likely N-dealkylation sites (N-methyl/N-ethyl adjacent to an activating group) is 1. The van der Waals surface area contributed by atoms with Crippen molar-refractivity contribution in [1.82, 2.24) is 10.2 Å². The molecule has 8 heteroatoms. The third-order valence-corrected chi connectivity index (χ3v) is 6.34. The molecule has 0 atom stereocenters. The summed E-state index contributed by atoms with van der Waals surface area (Å²) in [6.45, 7) is 8.26. The van der Waals surface area contributed by atoms with Crippen LogP contribution in [-0.4, -0.2) is 68.6 Å². The lowest BCUT2D eigenvalue weighted by Crippen LogP contribution is -3.28. The minimum atomic E-state index is 0.175. The van der Waals surface area contributed by atoms with Crippen molar-refractivity contribution in [2.75, 3.05) is 45.8 Å². The molecule has 2 heterocycles. The quantitative estimate of drug-likeness (QED) is 0.514. The molecule has 26 heavy (non-hydrogen) atoms. The standard InChI is InChI=1S/C18H27ClN4O2S/c1-2-23(11-15-5-6-16(19)26-15)18(25)13-22-9-7-21(8-10-22)12-17(24)20-14-3-4-14/h5-6,14H,2-4,7-13H2,1H3,(H,20,24)/p+2. The van der Waals surface area contributed by atoms with Crippen molar-refractivity contribution in [3.05, 3.63) is 21.3 Å². The van der Waals surface area contributed by atoms with Gasteiger partial charge in [0.05, 0.1) is 10.9 Å². The maximum Gasteiger partial charge on any atom is 0.278 e. The van der Waals surface area contributed by atoms with Gasteiger partial charge in [-0.3, -0.25) is 9.59 Å². The predicted octanol–water partition coefficient (Wildman–Crippen LogP) is -1.19. The van der Waals surface area contributed by atoms with Gasteiger partial charge in [-0.15, -0.1) is 11.3 Å². The molecule has 0 aromatic carbocycles. The molecule has 1 aromatic rings. The molecule has 0 bridgehead atoms. The zero-order valence-electron chi connectivity index (χ0n) is 15.4. The fourth-order valence-corrected chi connectivity index (χ4v) is 4.47. The number of rotatable bonds is 8. The number of carbonyl (C=O) groups excluding carboxylic acids is 2. The van der Waals surface area contributed by atoms with Crippen LogP contribution in [0.15, 0.2) is 12.1 Å². The monoisotopic (exact) mass is 400 g/mol. The van der Waals surface area contributed by atoms with Crippen LogP contribution >= 0.6 is 22.9 Å². The second-order valence-electron chi connectivity index (χ2n) is 7.31. The molecule has 2 aliphatic rings. The van der Waals surface area contributed by atoms with E-state index in [0.29, 0.717) is 32.2 Å². The minimum absolute atomic E-state index is 0.175. The van der Waals surface area contributed by atoms with Gasteiger partial charge in [0.2, 0.25) is 0 Å². The van der Waals surface area contributed by atoms with Crippen LogP contribution in [-0.2, 0) is 16.1 Å². The van der Waals surface area contributed by atoms with Crippen LogP contribution in [0.2, 0.25) is 4.34 Å². The Bertz CT molecular complexity index is 626. The molecular weight excluding hydrogens is 372 g/mol. The molecule has 1 saturated carbocycles. The summed E-state index contributed by atoms with van der Waals surface area (Å²) in [7, 11) is 0. The largest absolute Gasteiger partial charge is 0.348 e. The lowest BCUT2D eigenvalue weighted by atomic mass is 10.3. The van der Waals surface area contributed by atoms with E-state index < -0.39 is 0 Å². The maximum atomic E-state index is 12.6. The number of carbonyl (C=O) groups is 2. The number of hydrogen-bond acceptors (Lipinski definition) is 3. The number of hydrogen-bond donors (Lipinski definition) is 3.